The molecule has 29 heavy (non-hydrogen) atoms. The predicted molar refractivity (Wildman–Crippen MR) is 108 cm³/mol. The standard InChI is InChI=1S/C21H21N5O3/c1-13-7-8-16(14(2)9-13)24-20(28)11-29-18-6-4-3-5-15(18)17-10-19(27)25-21-22-12-23-26(17)21/h3-9,12,17H,10-11H2,1-2H3,(H,24,28)(H,22,23,25,27)/t17-/m1/s1. The number of para-hydroxylation sites is 1. The molecule has 1 aromatic heterocycles. The molecule has 8 heteroatoms. The van der Waals surface area contributed by atoms with Crippen molar-refractivity contribution in [2.75, 3.05) is 17.2 Å². The summed E-state index contributed by atoms with van der Waals surface area (Å²) in [5.74, 6) is 0.533. The zero-order valence-corrected chi connectivity index (χ0v) is 16.2. The summed E-state index contributed by atoms with van der Waals surface area (Å²) >= 11 is 0. The van der Waals surface area contributed by atoms with Crippen molar-refractivity contribution >= 4 is 23.5 Å². The van der Waals surface area contributed by atoms with Crippen LogP contribution < -0.4 is 15.4 Å². The van der Waals surface area contributed by atoms with Gasteiger partial charge in [0.2, 0.25) is 11.9 Å². The van der Waals surface area contributed by atoms with E-state index in [-0.39, 0.29) is 30.9 Å². The third-order valence-corrected chi connectivity index (χ3v) is 4.79. The number of carbonyl (C=O) groups excluding carboxylic acids is 2. The molecule has 4 rings (SSSR count). The van der Waals surface area contributed by atoms with Crippen molar-refractivity contribution in [3.8, 4) is 5.75 Å². The maximum atomic E-state index is 12.4. The monoisotopic (exact) mass is 391 g/mol. The van der Waals surface area contributed by atoms with E-state index in [1.54, 1.807) is 10.7 Å². The van der Waals surface area contributed by atoms with Crippen LogP contribution in [0.4, 0.5) is 11.6 Å². The fourth-order valence-corrected chi connectivity index (χ4v) is 3.42. The lowest BCUT2D eigenvalue weighted by atomic mass is 10.0. The second-order valence-corrected chi connectivity index (χ2v) is 6.99. The zero-order chi connectivity index (χ0) is 20.4. The van der Waals surface area contributed by atoms with Gasteiger partial charge in [-0.3, -0.25) is 14.9 Å². The van der Waals surface area contributed by atoms with Crippen molar-refractivity contribution in [2.45, 2.75) is 26.3 Å². The average molecular weight is 391 g/mol. The fourth-order valence-electron chi connectivity index (χ4n) is 3.42. The van der Waals surface area contributed by atoms with Crippen LogP contribution in [0.2, 0.25) is 0 Å². The van der Waals surface area contributed by atoms with Gasteiger partial charge in [0, 0.05) is 11.3 Å². The number of nitrogens with one attached hydrogen (secondary N) is 2. The Morgan fingerprint density at radius 1 is 1.28 bits per heavy atom. The van der Waals surface area contributed by atoms with E-state index in [1.807, 2.05) is 50.2 Å². The van der Waals surface area contributed by atoms with Crippen LogP contribution in [-0.2, 0) is 9.59 Å². The maximum absolute atomic E-state index is 12.4. The first-order chi connectivity index (χ1) is 14.0. The molecule has 2 N–H and O–H groups in total. The molecule has 0 radical (unpaired) electrons. The molecule has 0 saturated carbocycles. The summed E-state index contributed by atoms with van der Waals surface area (Å²) in [6.07, 6.45) is 1.61. The first-order valence-electron chi connectivity index (χ1n) is 9.29. The number of hydrogen-bond donors (Lipinski definition) is 2. The van der Waals surface area contributed by atoms with Crippen molar-refractivity contribution in [2.24, 2.45) is 0 Å². The molecule has 0 saturated heterocycles. The summed E-state index contributed by atoms with van der Waals surface area (Å²) in [6.45, 7) is 3.81. The van der Waals surface area contributed by atoms with Crippen LogP contribution in [-0.4, -0.2) is 33.2 Å². The number of amides is 2. The molecule has 2 aromatic carbocycles. The van der Waals surface area contributed by atoms with Crippen molar-refractivity contribution in [3.63, 3.8) is 0 Å². The lowest BCUT2D eigenvalue weighted by molar-refractivity contribution is -0.118. The predicted octanol–water partition coefficient (Wildman–Crippen LogP) is 2.84. The van der Waals surface area contributed by atoms with Gasteiger partial charge in [-0.2, -0.15) is 10.1 Å². The van der Waals surface area contributed by atoms with Gasteiger partial charge >= 0.3 is 0 Å². The number of carbonyl (C=O) groups is 2. The van der Waals surface area contributed by atoms with Crippen LogP contribution in [0.15, 0.2) is 48.8 Å². The van der Waals surface area contributed by atoms with E-state index in [4.69, 9.17) is 4.74 Å². The first kappa shape index (κ1) is 18.7. The summed E-state index contributed by atoms with van der Waals surface area (Å²) < 4.78 is 7.46. The zero-order valence-electron chi connectivity index (χ0n) is 16.2. The van der Waals surface area contributed by atoms with E-state index in [0.717, 1.165) is 22.4 Å². The van der Waals surface area contributed by atoms with Crippen LogP contribution in [0.5, 0.6) is 5.75 Å². The van der Waals surface area contributed by atoms with Gasteiger partial charge in [0.15, 0.2) is 6.61 Å². The minimum atomic E-state index is -0.347. The molecule has 2 amide bonds. The van der Waals surface area contributed by atoms with E-state index in [9.17, 15) is 9.59 Å². The fraction of sp³-hybridized carbons (Fsp3) is 0.238. The molecule has 1 aliphatic rings. The molecule has 0 aliphatic carbocycles. The second-order valence-electron chi connectivity index (χ2n) is 6.99. The molecule has 0 bridgehead atoms. The van der Waals surface area contributed by atoms with E-state index in [0.29, 0.717) is 11.7 Å². The molecule has 8 nitrogen and oxygen atoms in total. The van der Waals surface area contributed by atoms with Crippen molar-refractivity contribution in [1.29, 1.82) is 0 Å². The van der Waals surface area contributed by atoms with E-state index in [1.165, 1.54) is 6.33 Å². The van der Waals surface area contributed by atoms with Gasteiger partial charge in [0.1, 0.15) is 12.1 Å². The van der Waals surface area contributed by atoms with Gasteiger partial charge in [-0.1, -0.05) is 35.9 Å². The smallest absolute Gasteiger partial charge is 0.262 e. The molecular weight excluding hydrogens is 370 g/mol. The molecule has 148 valence electrons. The summed E-state index contributed by atoms with van der Waals surface area (Å²) in [6, 6.07) is 12.8. The topological polar surface area (TPSA) is 98.1 Å². The van der Waals surface area contributed by atoms with Crippen LogP contribution >= 0.6 is 0 Å². The summed E-state index contributed by atoms with van der Waals surface area (Å²) in [4.78, 5) is 28.5. The lowest BCUT2D eigenvalue weighted by Crippen LogP contribution is -2.29. The molecule has 0 spiro atoms. The average Bonchev–Trinajstić information content (AvgIpc) is 3.16. The largest absolute Gasteiger partial charge is 0.483 e. The highest BCUT2D eigenvalue weighted by Gasteiger charge is 2.29. The Kier molecular flexibility index (Phi) is 4.99. The van der Waals surface area contributed by atoms with Crippen LogP contribution in [0.1, 0.15) is 29.2 Å². The highest BCUT2D eigenvalue weighted by molar-refractivity contribution is 5.93. The van der Waals surface area contributed by atoms with Gasteiger partial charge in [0.25, 0.3) is 5.91 Å². The van der Waals surface area contributed by atoms with Crippen LogP contribution in [0.25, 0.3) is 0 Å². The van der Waals surface area contributed by atoms with Gasteiger partial charge < -0.3 is 10.1 Å². The first-order valence-corrected chi connectivity index (χ1v) is 9.29. The highest BCUT2D eigenvalue weighted by Crippen LogP contribution is 2.34. The Morgan fingerprint density at radius 2 is 2.10 bits per heavy atom. The van der Waals surface area contributed by atoms with E-state index >= 15 is 0 Å². The third-order valence-electron chi connectivity index (χ3n) is 4.79. The van der Waals surface area contributed by atoms with Crippen LogP contribution in [0, 0.1) is 13.8 Å². The van der Waals surface area contributed by atoms with Gasteiger partial charge in [-0.05, 0) is 31.5 Å². The second kappa shape index (κ2) is 7.75. The molecule has 1 aliphatic heterocycles. The molecule has 3 aromatic rings. The number of aryl methyl sites for hydroxylation is 2. The van der Waals surface area contributed by atoms with Gasteiger partial charge in [0.05, 0.1) is 12.5 Å². The highest BCUT2D eigenvalue weighted by atomic mass is 16.5. The van der Waals surface area contributed by atoms with Gasteiger partial charge in [-0.25, -0.2) is 4.68 Å². The number of benzene rings is 2. The minimum Gasteiger partial charge on any atom is -0.483 e. The Bertz CT molecular complexity index is 1080. The summed E-state index contributed by atoms with van der Waals surface area (Å²) in [5.41, 5.74) is 3.66. The normalized spacial score (nSPS) is 15.4. The van der Waals surface area contributed by atoms with Crippen molar-refractivity contribution in [3.05, 3.63) is 65.5 Å². The minimum absolute atomic E-state index is 0.141. The quantitative estimate of drug-likeness (QED) is 0.697. The SMILES string of the molecule is Cc1ccc(NC(=O)COc2ccccc2[C@H]2CC(=O)Nc3ncnn32)c(C)c1. The molecule has 0 fully saturated rings. The van der Waals surface area contributed by atoms with Gasteiger partial charge in [-0.15, -0.1) is 0 Å². The number of anilines is 2. The lowest BCUT2D eigenvalue weighted by Gasteiger charge is -2.25. The number of hydrogen-bond acceptors (Lipinski definition) is 5. The Morgan fingerprint density at radius 3 is 2.93 bits per heavy atom. The number of aromatic nitrogens is 3. The Hall–Kier alpha value is -3.68. The van der Waals surface area contributed by atoms with E-state index in [2.05, 4.69) is 20.7 Å². The Balaban J connectivity index is 1.50. The summed E-state index contributed by atoms with van der Waals surface area (Å²) in [5, 5.41) is 9.77. The van der Waals surface area contributed by atoms with Crippen molar-refractivity contribution < 1.29 is 14.3 Å². The number of ether oxygens (including phenoxy) is 1. The maximum Gasteiger partial charge on any atom is 0.262 e. The number of rotatable bonds is 5. The third kappa shape index (κ3) is 3.96. The van der Waals surface area contributed by atoms with E-state index < -0.39 is 0 Å². The number of nitrogens with zero attached hydrogens (tertiary/aromatic N) is 3. The molecule has 0 unspecified atom stereocenters. The van der Waals surface area contributed by atoms with Crippen molar-refractivity contribution in [1.82, 2.24) is 14.8 Å². The number of fused-ring (bicyclic) bond motifs is 1. The van der Waals surface area contributed by atoms with Crippen LogP contribution in [0.3, 0.4) is 0 Å². The Labute approximate surface area is 167 Å². The summed E-state index contributed by atoms with van der Waals surface area (Å²) in [7, 11) is 0. The molecule has 2 heterocycles. The molecular formula is C21H21N5O3. The molecule has 1 atom stereocenters.